The third kappa shape index (κ3) is 2.11. The van der Waals surface area contributed by atoms with E-state index in [0.29, 0.717) is 5.82 Å². The minimum atomic E-state index is 0.580. The molecular weight excluding hydrogens is 300 g/mol. The fraction of sp³-hybridized carbons (Fsp3) is 0.200. The number of aryl methyl sites for hydroxylation is 1. The molecule has 2 aromatic heterocycles. The highest BCUT2D eigenvalue weighted by Gasteiger charge is 2.25. The van der Waals surface area contributed by atoms with Crippen LogP contribution in [0.25, 0.3) is 11.3 Å². The smallest absolute Gasteiger partial charge is 0.148 e. The van der Waals surface area contributed by atoms with Crippen LogP contribution in [0.2, 0.25) is 0 Å². The summed E-state index contributed by atoms with van der Waals surface area (Å²) in [6.45, 7) is 3.83. The maximum Gasteiger partial charge on any atom is 0.148 e. The summed E-state index contributed by atoms with van der Waals surface area (Å²) < 4.78 is 4.35. The van der Waals surface area contributed by atoms with Gasteiger partial charge in [0, 0.05) is 18.5 Å². The van der Waals surface area contributed by atoms with Crippen molar-refractivity contribution in [2.75, 3.05) is 10.6 Å². The van der Waals surface area contributed by atoms with Crippen LogP contribution in [0.4, 0.5) is 10.8 Å². The second-order valence-electron chi connectivity index (χ2n) is 5.12. The van der Waals surface area contributed by atoms with Gasteiger partial charge in [0.05, 0.1) is 16.3 Å². The zero-order valence-corrected chi connectivity index (χ0v) is 13.2. The summed E-state index contributed by atoms with van der Waals surface area (Å²) in [6.07, 6.45) is 0. The number of aromatic nitrogens is 2. The molecule has 0 amide bonds. The van der Waals surface area contributed by atoms with Crippen molar-refractivity contribution in [1.29, 1.82) is 0 Å². The molecule has 1 aromatic carbocycles. The first-order valence-corrected chi connectivity index (χ1v) is 8.37. The Morgan fingerprint density at radius 2 is 1.90 bits per heavy atom. The van der Waals surface area contributed by atoms with Crippen molar-refractivity contribution in [3.63, 3.8) is 0 Å². The van der Waals surface area contributed by atoms with E-state index in [-0.39, 0.29) is 0 Å². The molecular formula is C15H14N4S2. The molecule has 1 aliphatic heterocycles. The molecule has 0 radical (unpaired) electrons. The highest BCUT2D eigenvalue weighted by molar-refractivity contribution is 7.11. The van der Waals surface area contributed by atoms with Crippen LogP contribution in [0.5, 0.6) is 0 Å². The topological polar surface area (TPSA) is 55.0 Å². The van der Waals surface area contributed by atoms with E-state index in [9.17, 15) is 0 Å². The number of hydrogen-bond donors (Lipinski definition) is 1. The van der Waals surface area contributed by atoms with Gasteiger partial charge in [0.25, 0.3) is 0 Å². The van der Waals surface area contributed by atoms with Gasteiger partial charge in [-0.25, -0.2) is 4.98 Å². The van der Waals surface area contributed by atoms with Crippen molar-refractivity contribution >= 4 is 33.7 Å². The summed E-state index contributed by atoms with van der Waals surface area (Å²) in [5, 5.41) is 4.22. The first kappa shape index (κ1) is 12.8. The Kier molecular flexibility index (Phi) is 2.94. The maximum atomic E-state index is 6.09. The Balaban J connectivity index is 1.75. The first-order valence-electron chi connectivity index (χ1n) is 6.72. The van der Waals surface area contributed by atoms with Crippen LogP contribution >= 0.6 is 22.9 Å². The van der Waals surface area contributed by atoms with E-state index in [1.54, 1.807) is 11.3 Å². The Morgan fingerprint density at radius 1 is 1.19 bits per heavy atom. The number of nitrogens with zero attached hydrogens (tertiary/aromatic N) is 3. The molecule has 0 saturated heterocycles. The molecule has 0 fully saturated rings. The van der Waals surface area contributed by atoms with E-state index < -0.39 is 0 Å². The molecule has 0 bridgehead atoms. The van der Waals surface area contributed by atoms with Crippen molar-refractivity contribution in [3.8, 4) is 11.3 Å². The van der Waals surface area contributed by atoms with Crippen LogP contribution in [0.3, 0.4) is 0 Å². The van der Waals surface area contributed by atoms with Gasteiger partial charge in [-0.1, -0.05) is 24.3 Å². The summed E-state index contributed by atoms with van der Waals surface area (Å²) in [5.41, 5.74) is 10.8. The fourth-order valence-corrected chi connectivity index (χ4v) is 4.13. The van der Waals surface area contributed by atoms with Gasteiger partial charge < -0.3 is 10.6 Å². The van der Waals surface area contributed by atoms with Crippen molar-refractivity contribution in [2.45, 2.75) is 20.0 Å². The summed E-state index contributed by atoms with van der Waals surface area (Å²) in [5.74, 6) is 0.580. The predicted octanol–water partition coefficient (Wildman–Crippen LogP) is 3.68. The standard InChI is InChI=1S/C15H14N4S2/c1-9-17-12(8-20-9)13-14(16)18-21-15(13)19-6-10-4-2-3-5-11(10)7-19/h2-5,8H,6-7H2,1H3,(H2,16,18). The highest BCUT2D eigenvalue weighted by Crippen LogP contribution is 2.42. The Morgan fingerprint density at radius 3 is 2.52 bits per heavy atom. The van der Waals surface area contributed by atoms with Crippen molar-refractivity contribution in [3.05, 3.63) is 45.8 Å². The molecule has 3 aromatic rings. The van der Waals surface area contributed by atoms with Gasteiger partial charge >= 0.3 is 0 Å². The van der Waals surface area contributed by atoms with Gasteiger partial charge in [-0.05, 0) is 29.6 Å². The van der Waals surface area contributed by atoms with Gasteiger partial charge in [-0.2, -0.15) is 4.37 Å². The molecule has 6 heteroatoms. The van der Waals surface area contributed by atoms with Crippen LogP contribution in [0.1, 0.15) is 16.1 Å². The van der Waals surface area contributed by atoms with Gasteiger partial charge in [-0.3, -0.25) is 0 Å². The summed E-state index contributed by atoms with van der Waals surface area (Å²) in [4.78, 5) is 6.91. The summed E-state index contributed by atoms with van der Waals surface area (Å²) in [7, 11) is 0. The van der Waals surface area contributed by atoms with Gasteiger partial charge in [0.1, 0.15) is 10.8 Å². The molecule has 0 atom stereocenters. The Labute approximate surface area is 131 Å². The van der Waals surface area contributed by atoms with E-state index in [2.05, 4.69) is 43.9 Å². The second kappa shape index (κ2) is 4.82. The molecule has 3 heterocycles. The van der Waals surface area contributed by atoms with Crippen LogP contribution in [-0.4, -0.2) is 9.36 Å². The molecule has 106 valence electrons. The Bertz CT molecular complexity index is 781. The normalized spacial score (nSPS) is 13.7. The van der Waals surface area contributed by atoms with E-state index in [1.165, 1.54) is 22.7 Å². The lowest BCUT2D eigenvalue weighted by atomic mass is 10.1. The van der Waals surface area contributed by atoms with Gasteiger partial charge in [-0.15, -0.1) is 11.3 Å². The minimum Gasteiger partial charge on any atom is -0.382 e. The van der Waals surface area contributed by atoms with E-state index in [0.717, 1.165) is 34.4 Å². The van der Waals surface area contributed by atoms with Crippen LogP contribution in [-0.2, 0) is 13.1 Å². The number of rotatable bonds is 2. The largest absolute Gasteiger partial charge is 0.382 e. The van der Waals surface area contributed by atoms with Crippen molar-refractivity contribution < 1.29 is 0 Å². The molecule has 0 aliphatic carbocycles. The predicted molar refractivity (Wildman–Crippen MR) is 88.7 cm³/mol. The lowest BCUT2D eigenvalue weighted by Crippen LogP contribution is -2.14. The number of nitrogens with two attached hydrogens (primary N) is 1. The average molecular weight is 314 g/mol. The van der Waals surface area contributed by atoms with Crippen LogP contribution in [0.15, 0.2) is 29.6 Å². The number of fused-ring (bicyclic) bond motifs is 1. The summed E-state index contributed by atoms with van der Waals surface area (Å²) >= 11 is 3.11. The second-order valence-corrected chi connectivity index (χ2v) is 6.94. The average Bonchev–Trinajstić information content (AvgIpc) is 3.15. The maximum absolute atomic E-state index is 6.09. The molecule has 4 rings (SSSR count). The lowest BCUT2D eigenvalue weighted by Gasteiger charge is -2.16. The monoisotopic (exact) mass is 314 g/mol. The van der Waals surface area contributed by atoms with Crippen LogP contribution in [0, 0.1) is 6.92 Å². The molecule has 0 unspecified atom stereocenters. The highest BCUT2D eigenvalue weighted by atomic mass is 32.1. The van der Waals surface area contributed by atoms with E-state index in [4.69, 9.17) is 5.73 Å². The van der Waals surface area contributed by atoms with Crippen LogP contribution < -0.4 is 10.6 Å². The number of anilines is 2. The first-order chi connectivity index (χ1) is 10.2. The molecule has 0 saturated carbocycles. The van der Waals surface area contributed by atoms with Gasteiger partial charge in [0.15, 0.2) is 0 Å². The summed E-state index contributed by atoms with van der Waals surface area (Å²) in [6, 6.07) is 8.56. The van der Waals surface area contributed by atoms with E-state index >= 15 is 0 Å². The van der Waals surface area contributed by atoms with Gasteiger partial charge in [0.2, 0.25) is 0 Å². The molecule has 0 spiro atoms. The zero-order valence-electron chi connectivity index (χ0n) is 11.5. The number of hydrogen-bond acceptors (Lipinski definition) is 6. The fourth-order valence-electron chi connectivity index (χ4n) is 2.70. The Hall–Kier alpha value is -1.92. The molecule has 1 aliphatic rings. The zero-order chi connectivity index (χ0) is 14.4. The van der Waals surface area contributed by atoms with Crippen molar-refractivity contribution in [2.24, 2.45) is 0 Å². The molecule has 4 nitrogen and oxygen atoms in total. The minimum absolute atomic E-state index is 0.580. The quantitative estimate of drug-likeness (QED) is 0.784. The number of benzene rings is 1. The lowest BCUT2D eigenvalue weighted by molar-refractivity contribution is 0.893. The van der Waals surface area contributed by atoms with E-state index in [1.807, 2.05) is 6.92 Å². The molecule has 2 N–H and O–H groups in total. The van der Waals surface area contributed by atoms with Crippen molar-refractivity contribution in [1.82, 2.24) is 9.36 Å². The molecule has 21 heavy (non-hydrogen) atoms. The third-order valence-corrected chi connectivity index (χ3v) is 5.40. The SMILES string of the molecule is Cc1nc(-c2c(N)nsc2N2Cc3ccccc3C2)cs1. The third-order valence-electron chi connectivity index (χ3n) is 3.70. The number of nitrogen functional groups attached to an aromatic ring is 1. The number of thiazole rings is 1.